The third-order valence-electron chi connectivity index (χ3n) is 5.14. The molecular formula is C19H28N2O3. The second kappa shape index (κ2) is 7.43. The van der Waals surface area contributed by atoms with Crippen molar-refractivity contribution in [3.63, 3.8) is 0 Å². The minimum Gasteiger partial charge on any atom is -0.491 e. The molecule has 0 saturated carbocycles. The molecule has 2 fully saturated rings. The third kappa shape index (κ3) is 4.20. The minimum absolute atomic E-state index is 0.0238. The summed E-state index contributed by atoms with van der Waals surface area (Å²) in [6, 6.07) is 7.96. The van der Waals surface area contributed by atoms with Crippen LogP contribution in [-0.4, -0.2) is 49.9 Å². The van der Waals surface area contributed by atoms with E-state index in [-0.39, 0.29) is 17.5 Å². The lowest BCUT2D eigenvalue weighted by molar-refractivity contribution is 0.0208. The number of hydrogen-bond acceptors (Lipinski definition) is 3. The van der Waals surface area contributed by atoms with Crippen molar-refractivity contribution in [3.8, 4) is 5.75 Å². The Morgan fingerprint density at radius 2 is 2.17 bits per heavy atom. The van der Waals surface area contributed by atoms with Gasteiger partial charge in [0.05, 0.1) is 6.04 Å². The number of nitrogens with zero attached hydrogens (tertiary/aromatic N) is 1. The average Bonchev–Trinajstić information content (AvgIpc) is 2.97. The second-order valence-electron chi connectivity index (χ2n) is 7.26. The monoisotopic (exact) mass is 332 g/mol. The highest BCUT2D eigenvalue weighted by molar-refractivity contribution is 5.74. The maximum absolute atomic E-state index is 12.5. The van der Waals surface area contributed by atoms with E-state index in [2.05, 4.69) is 5.32 Å². The molecule has 2 heterocycles. The largest absolute Gasteiger partial charge is 0.491 e. The molecule has 0 aromatic heterocycles. The van der Waals surface area contributed by atoms with Gasteiger partial charge in [0.15, 0.2) is 0 Å². The first-order chi connectivity index (χ1) is 11.6. The summed E-state index contributed by atoms with van der Waals surface area (Å²) in [5.74, 6) is 0.846. The molecule has 2 saturated heterocycles. The van der Waals surface area contributed by atoms with Gasteiger partial charge in [0, 0.05) is 26.3 Å². The number of likely N-dealkylation sites (tertiary alicyclic amines) is 1. The fraction of sp³-hybridized carbons (Fsp3) is 0.632. The highest BCUT2D eigenvalue weighted by Gasteiger charge is 2.41. The maximum Gasteiger partial charge on any atom is 0.317 e. The number of amides is 2. The van der Waals surface area contributed by atoms with Gasteiger partial charge in [-0.2, -0.15) is 0 Å². The number of hydrogen-bond donors (Lipinski definition) is 1. The summed E-state index contributed by atoms with van der Waals surface area (Å²) < 4.78 is 11.2. The Morgan fingerprint density at radius 3 is 2.92 bits per heavy atom. The predicted molar refractivity (Wildman–Crippen MR) is 93.3 cm³/mol. The van der Waals surface area contributed by atoms with Crippen molar-refractivity contribution in [1.82, 2.24) is 10.2 Å². The van der Waals surface area contributed by atoms with E-state index in [0.717, 1.165) is 51.3 Å². The molecular weight excluding hydrogens is 304 g/mol. The first-order valence-corrected chi connectivity index (χ1v) is 8.89. The minimum atomic E-state index is -0.0238. The molecule has 5 nitrogen and oxygen atoms in total. The zero-order valence-electron chi connectivity index (χ0n) is 14.7. The molecule has 2 aliphatic heterocycles. The number of carbonyl (C=O) groups excluding carboxylic acids is 1. The van der Waals surface area contributed by atoms with Gasteiger partial charge < -0.3 is 19.7 Å². The van der Waals surface area contributed by atoms with Gasteiger partial charge in [-0.15, -0.1) is 0 Å². The van der Waals surface area contributed by atoms with E-state index in [4.69, 9.17) is 9.47 Å². The molecule has 1 atom stereocenters. The van der Waals surface area contributed by atoms with Crippen LogP contribution < -0.4 is 10.1 Å². The summed E-state index contributed by atoms with van der Waals surface area (Å²) in [4.78, 5) is 14.4. The summed E-state index contributed by atoms with van der Waals surface area (Å²) >= 11 is 0. The zero-order valence-corrected chi connectivity index (χ0v) is 14.7. The molecule has 1 spiro atoms. The SMILES string of the molecule is Cc1cccc(OCC(C)NC(=O)N2CCC3(CCOCC3)C2)c1. The molecule has 1 unspecified atom stereocenters. The Hall–Kier alpha value is -1.75. The van der Waals surface area contributed by atoms with E-state index < -0.39 is 0 Å². The normalized spacial score (nSPS) is 20.8. The van der Waals surface area contributed by atoms with Gasteiger partial charge in [0.1, 0.15) is 12.4 Å². The van der Waals surface area contributed by atoms with Gasteiger partial charge >= 0.3 is 6.03 Å². The van der Waals surface area contributed by atoms with Crippen LogP contribution >= 0.6 is 0 Å². The van der Waals surface area contributed by atoms with Crippen molar-refractivity contribution in [3.05, 3.63) is 29.8 Å². The molecule has 3 rings (SSSR count). The number of nitrogens with one attached hydrogen (secondary N) is 1. The van der Waals surface area contributed by atoms with Crippen LogP contribution in [0.3, 0.4) is 0 Å². The fourth-order valence-electron chi connectivity index (χ4n) is 3.59. The summed E-state index contributed by atoms with van der Waals surface area (Å²) in [6.07, 6.45) is 3.24. The smallest absolute Gasteiger partial charge is 0.317 e. The Morgan fingerprint density at radius 1 is 1.38 bits per heavy atom. The lowest BCUT2D eigenvalue weighted by atomic mass is 9.80. The maximum atomic E-state index is 12.5. The summed E-state index contributed by atoms with van der Waals surface area (Å²) in [6.45, 7) is 7.85. The highest BCUT2D eigenvalue weighted by Crippen LogP contribution is 2.39. The molecule has 1 N–H and O–H groups in total. The lowest BCUT2D eigenvalue weighted by Gasteiger charge is -2.33. The van der Waals surface area contributed by atoms with Gasteiger partial charge in [-0.3, -0.25) is 0 Å². The van der Waals surface area contributed by atoms with Crippen LogP contribution in [-0.2, 0) is 4.74 Å². The standard InChI is InChI=1S/C19H28N2O3/c1-15-4-3-5-17(12-15)24-13-16(2)20-18(22)21-9-6-19(14-21)7-10-23-11-8-19/h3-5,12,16H,6-11,13-14H2,1-2H3,(H,20,22). The summed E-state index contributed by atoms with van der Waals surface area (Å²) in [7, 11) is 0. The van der Waals surface area contributed by atoms with Gasteiger partial charge in [-0.05, 0) is 56.2 Å². The average molecular weight is 332 g/mol. The Labute approximate surface area is 144 Å². The van der Waals surface area contributed by atoms with E-state index >= 15 is 0 Å². The van der Waals surface area contributed by atoms with Crippen molar-refractivity contribution < 1.29 is 14.3 Å². The Balaban J connectivity index is 1.44. The van der Waals surface area contributed by atoms with Crippen molar-refractivity contribution in [2.45, 2.75) is 39.2 Å². The van der Waals surface area contributed by atoms with Crippen LogP contribution in [0, 0.1) is 12.3 Å². The van der Waals surface area contributed by atoms with E-state index in [0.29, 0.717) is 6.61 Å². The van der Waals surface area contributed by atoms with Crippen molar-refractivity contribution in [2.24, 2.45) is 5.41 Å². The number of benzene rings is 1. The van der Waals surface area contributed by atoms with E-state index in [1.807, 2.05) is 43.0 Å². The van der Waals surface area contributed by atoms with Crippen molar-refractivity contribution in [2.75, 3.05) is 32.9 Å². The van der Waals surface area contributed by atoms with Crippen molar-refractivity contribution in [1.29, 1.82) is 0 Å². The summed E-state index contributed by atoms with van der Waals surface area (Å²) in [5.41, 5.74) is 1.46. The van der Waals surface area contributed by atoms with Gasteiger partial charge in [-0.1, -0.05) is 12.1 Å². The Bertz CT molecular complexity index is 569. The van der Waals surface area contributed by atoms with Crippen molar-refractivity contribution >= 4 is 6.03 Å². The highest BCUT2D eigenvalue weighted by atomic mass is 16.5. The Kier molecular flexibility index (Phi) is 5.29. The summed E-state index contributed by atoms with van der Waals surface area (Å²) in [5, 5.41) is 3.06. The number of rotatable bonds is 4. The zero-order chi connectivity index (χ0) is 17.0. The number of urea groups is 1. The van der Waals surface area contributed by atoms with Gasteiger partial charge in [0.25, 0.3) is 0 Å². The van der Waals surface area contributed by atoms with Crippen LogP contribution in [0.4, 0.5) is 4.79 Å². The van der Waals surface area contributed by atoms with E-state index in [1.165, 1.54) is 5.56 Å². The van der Waals surface area contributed by atoms with E-state index in [9.17, 15) is 4.79 Å². The number of aryl methyl sites for hydroxylation is 1. The van der Waals surface area contributed by atoms with Crippen LogP contribution in [0.1, 0.15) is 31.7 Å². The molecule has 1 aromatic carbocycles. The van der Waals surface area contributed by atoms with E-state index in [1.54, 1.807) is 0 Å². The lowest BCUT2D eigenvalue weighted by Crippen LogP contribution is -2.46. The first kappa shape index (κ1) is 17.1. The molecule has 132 valence electrons. The molecule has 0 radical (unpaired) electrons. The van der Waals surface area contributed by atoms with Crippen LogP contribution in [0.15, 0.2) is 24.3 Å². The topological polar surface area (TPSA) is 50.8 Å². The molecule has 2 aliphatic rings. The van der Waals surface area contributed by atoms with Crippen LogP contribution in [0.5, 0.6) is 5.75 Å². The molecule has 24 heavy (non-hydrogen) atoms. The molecule has 0 bridgehead atoms. The first-order valence-electron chi connectivity index (χ1n) is 8.89. The quantitative estimate of drug-likeness (QED) is 0.922. The molecule has 5 heteroatoms. The predicted octanol–water partition coefficient (Wildman–Crippen LogP) is 2.97. The second-order valence-corrected chi connectivity index (χ2v) is 7.26. The molecule has 1 aromatic rings. The fourth-order valence-corrected chi connectivity index (χ4v) is 3.59. The van der Waals surface area contributed by atoms with Gasteiger partial charge in [0.2, 0.25) is 0 Å². The van der Waals surface area contributed by atoms with Crippen LogP contribution in [0.25, 0.3) is 0 Å². The number of ether oxygens (including phenoxy) is 2. The third-order valence-corrected chi connectivity index (χ3v) is 5.14. The van der Waals surface area contributed by atoms with Gasteiger partial charge in [-0.25, -0.2) is 4.79 Å². The number of carbonyl (C=O) groups is 1. The van der Waals surface area contributed by atoms with Crippen LogP contribution in [0.2, 0.25) is 0 Å². The molecule has 0 aliphatic carbocycles. The molecule has 2 amide bonds.